The first-order chi connectivity index (χ1) is 18.8. The van der Waals surface area contributed by atoms with Crippen LogP contribution in [0.15, 0.2) is 35.5 Å². The molecule has 4 rings (SSSR count). The number of amides is 6. The molecule has 1 aromatic rings. The molecular weight excluding hydrogens is 595 g/mol. The van der Waals surface area contributed by atoms with E-state index in [1.807, 2.05) is 0 Å². The van der Waals surface area contributed by atoms with Crippen molar-refractivity contribution in [1.82, 2.24) is 19.4 Å². The smallest absolute Gasteiger partial charge is 0.543 e. The second kappa shape index (κ2) is 12.8. The van der Waals surface area contributed by atoms with Gasteiger partial charge < -0.3 is 25.3 Å². The predicted molar refractivity (Wildman–Crippen MR) is 135 cm³/mol. The number of benzene rings is 1. The molecule has 0 bridgehead atoms. The number of carbonyl (C=O) groups is 6. The molecule has 3 aliphatic heterocycles. The van der Waals surface area contributed by atoms with E-state index in [1.54, 1.807) is 12.1 Å². The number of thioether (sulfide) groups is 1. The minimum Gasteiger partial charge on any atom is -0.543 e. The number of hydrogen-bond donors (Lipinski definition) is 3. The topological polar surface area (TPSA) is 229 Å². The third-order valence-electron chi connectivity index (χ3n) is 6.14. The van der Waals surface area contributed by atoms with Crippen LogP contribution in [0.4, 0.5) is 15.3 Å². The number of ether oxygens (including phenoxy) is 1. The van der Waals surface area contributed by atoms with Crippen LogP contribution < -0.4 is 50.4 Å². The zero-order valence-corrected chi connectivity index (χ0v) is 25.5. The largest absolute Gasteiger partial charge is 1.00 e. The Morgan fingerprint density at radius 2 is 1.85 bits per heavy atom. The normalized spacial score (nSPS) is 20.1. The first-order valence-corrected chi connectivity index (χ1v) is 14.2. The molecule has 2 saturated heterocycles. The zero-order chi connectivity index (χ0) is 29.4. The van der Waals surface area contributed by atoms with E-state index in [0.29, 0.717) is 14.8 Å². The Bertz CT molecular complexity index is 1450. The Morgan fingerprint density at radius 1 is 1.17 bits per heavy atom. The number of urea groups is 2. The molecule has 16 nitrogen and oxygen atoms in total. The SMILES string of the molecule is CC(=O)OCC1=C(C(=O)[O-])N2C(=O)C(NC(=O)Cc3ccccc3NC(=O)N3CCN(S(N)(=O)=O)C3=O)[C@H]2SC1.[Na+]. The van der Waals surface area contributed by atoms with Crippen molar-refractivity contribution in [3.8, 4) is 0 Å². The number of carboxylic acids is 1. The van der Waals surface area contributed by atoms with E-state index in [1.165, 1.54) is 23.9 Å². The quantitative estimate of drug-likeness (QED) is 0.142. The van der Waals surface area contributed by atoms with Crippen LogP contribution in [0.2, 0.25) is 0 Å². The number of carbonyl (C=O) groups excluding carboxylic acids is 6. The van der Waals surface area contributed by atoms with Crippen molar-refractivity contribution in [3.05, 3.63) is 41.1 Å². The number of anilines is 1. The molecule has 0 spiro atoms. The number of nitrogens with one attached hydrogen (secondary N) is 2. The Balaban J connectivity index is 0.00000462. The maximum Gasteiger partial charge on any atom is 1.00 e. The van der Waals surface area contributed by atoms with Crippen molar-refractivity contribution >= 4 is 63.5 Å². The van der Waals surface area contributed by atoms with E-state index in [0.717, 1.165) is 11.8 Å². The molecule has 41 heavy (non-hydrogen) atoms. The van der Waals surface area contributed by atoms with Crippen LogP contribution in [0.5, 0.6) is 0 Å². The molecule has 19 heteroatoms. The number of esters is 1. The molecule has 0 aromatic heterocycles. The summed E-state index contributed by atoms with van der Waals surface area (Å²) < 4.78 is 28.2. The van der Waals surface area contributed by atoms with Gasteiger partial charge >= 0.3 is 57.8 Å². The van der Waals surface area contributed by atoms with Crippen molar-refractivity contribution in [2.24, 2.45) is 5.14 Å². The molecule has 1 unspecified atom stereocenters. The monoisotopic (exact) mass is 618 g/mol. The van der Waals surface area contributed by atoms with E-state index in [-0.39, 0.29) is 72.7 Å². The molecule has 3 heterocycles. The van der Waals surface area contributed by atoms with Gasteiger partial charge in [-0.15, -0.1) is 11.8 Å². The van der Waals surface area contributed by atoms with E-state index in [2.05, 4.69) is 10.6 Å². The predicted octanol–water partition coefficient (Wildman–Crippen LogP) is -5.33. The van der Waals surface area contributed by atoms with Crippen molar-refractivity contribution in [2.45, 2.75) is 24.8 Å². The van der Waals surface area contributed by atoms with Crippen LogP contribution in [0.3, 0.4) is 0 Å². The van der Waals surface area contributed by atoms with E-state index in [9.17, 15) is 42.3 Å². The summed E-state index contributed by atoms with van der Waals surface area (Å²) in [6.07, 6.45) is -0.296. The molecule has 6 amide bonds. The minimum atomic E-state index is -4.34. The average molecular weight is 619 g/mol. The fraction of sp³-hybridized carbons (Fsp3) is 0.364. The standard InChI is InChI=1S/C22H24N6O10S2.Na/c1-11(29)38-9-13-10-39-19-16(18(31)28(19)17(13)20(32)33)25-15(30)8-12-4-2-3-5-14(12)24-21(34)26-6-7-27(22(26)35)40(23,36)37;/h2-5,16,19H,6-10H2,1H3,(H,24,34)(H,25,30)(H,32,33)(H2,23,36,37);/q;+1/p-1/t16?,19-;/m1./s1. The number of carboxylic acid groups (broad SMARTS) is 1. The fourth-order valence-electron chi connectivity index (χ4n) is 4.29. The molecule has 4 N–H and O–H groups in total. The van der Waals surface area contributed by atoms with Gasteiger partial charge in [-0.05, 0) is 11.6 Å². The van der Waals surface area contributed by atoms with Crippen molar-refractivity contribution in [1.29, 1.82) is 0 Å². The van der Waals surface area contributed by atoms with Crippen molar-refractivity contribution in [2.75, 3.05) is 30.8 Å². The van der Waals surface area contributed by atoms with Crippen LogP contribution in [0.25, 0.3) is 0 Å². The summed E-state index contributed by atoms with van der Waals surface area (Å²) in [6, 6.07) is 3.07. The first kappa shape index (κ1) is 32.4. The molecule has 0 aliphatic carbocycles. The van der Waals surface area contributed by atoms with Crippen LogP contribution in [0, 0.1) is 0 Å². The van der Waals surface area contributed by atoms with Gasteiger partial charge in [-0.3, -0.25) is 19.3 Å². The van der Waals surface area contributed by atoms with Crippen LogP contribution in [0.1, 0.15) is 12.5 Å². The number of nitrogens with zero attached hydrogens (tertiary/aromatic N) is 3. The summed E-state index contributed by atoms with van der Waals surface area (Å²) >= 11 is 1.18. The van der Waals surface area contributed by atoms with Gasteiger partial charge in [-0.25, -0.2) is 23.9 Å². The third kappa shape index (κ3) is 6.84. The Hall–Kier alpha value is -3.16. The van der Waals surface area contributed by atoms with Crippen molar-refractivity contribution < 1.29 is 76.6 Å². The maximum absolute atomic E-state index is 12.8. The van der Waals surface area contributed by atoms with E-state index < -0.39 is 63.1 Å². The van der Waals surface area contributed by atoms with Crippen LogP contribution >= 0.6 is 11.8 Å². The molecule has 3 aliphatic rings. The Kier molecular flexibility index (Phi) is 10.1. The Labute approximate surface area is 260 Å². The summed E-state index contributed by atoms with van der Waals surface area (Å²) in [5.41, 5.74) is 0.284. The fourth-order valence-corrected chi connectivity index (χ4v) is 6.27. The van der Waals surface area contributed by atoms with Gasteiger partial charge in [0.1, 0.15) is 18.0 Å². The molecule has 1 aromatic carbocycles. The van der Waals surface area contributed by atoms with Gasteiger partial charge in [-0.2, -0.15) is 8.42 Å². The number of hydrogen-bond acceptors (Lipinski definition) is 11. The summed E-state index contributed by atoms with van der Waals surface area (Å²) in [6.45, 7) is 0.315. The number of imide groups is 1. The minimum absolute atomic E-state index is 0. The third-order valence-corrected chi connectivity index (χ3v) is 8.43. The molecule has 2 atom stereocenters. The second-order valence-corrected chi connectivity index (χ2v) is 11.4. The number of para-hydroxylation sites is 1. The van der Waals surface area contributed by atoms with Gasteiger partial charge in [0.05, 0.1) is 31.2 Å². The summed E-state index contributed by atoms with van der Waals surface area (Å²) in [7, 11) is -4.34. The van der Waals surface area contributed by atoms with Crippen LogP contribution in [-0.2, 0) is 40.5 Å². The summed E-state index contributed by atoms with van der Waals surface area (Å²) in [5, 5.41) is 21.0. The van der Waals surface area contributed by atoms with Gasteiger partial charge in [0.2, 0.25) is 5.91 Å². The first-order valence-electron chi connectivity index (χ1n) is 11.6. The molecular formula is C22H23N6NaO10S2. The number of nitrogens with two attached hydrogens (primary N) is 1. The van der Waals surface area contributed by atoms with Gasteiger partial charge in [0.25, 0.3) is 5.91 Å². The molecule has 214 valence electrons. The number of rotatable bonds is 8. The van der Waals surface area contributed by atoms with E-state index in [4.69, 9.17) is 9.88 Å². The van der Waals surface area contributed by atoms with Gasteiger partial charge in [0, 0.05) is 23.9 Å². The van der Waals surface area contributed by atoms with Crippen LogP contribution in [-0.4, -0.2) is 95.2 Å². The summed E-state index contributed by atoms with van der Waals surface area (Å²) in [4.78, 5) is 75.0. The van der Waals surface area contributed by atoms with Gasteiger partial charge in [0.15, 0.2) is 0 Å². The Morgan fingerprint density at radius 3 is 2.46 bits per heavy atom. The zero-order valence-electron chi connectivity index (χ0n) is 21.8. The van der Waals surface area contributed by atoms with E-state index >= 15 is 0 Å². The second-order valence-electron chi connectivity index (χ2n) is 8.79. The molecule has 2 fully saturated rings. The summed E-state index contributed by atoms with van der Waals surface area (Å²) in [5.74, 6) is -3.39. The molecule has 0 saturated carbocycles. The number of aliphatic carboxylic acids is 1. The van der Waals surface area contributed by atoms with Crippen molar-refractivity contribution in [3.63, 3.8) is 0 Å². The number of fused-ring (bicyclic) bond motifs is 1. The average Bonchev–Trinajstić information content (AvgIpc) is 3.28. The molecule has 0 radical (unpaired) electrons. The number of β-lactam (4-membered cyclic amide) rings is 1. The maximum atomic E-state index is 12.8. The van der Waals surface area contributed by atoms with Gasteiger partial charge in [-0.1, -0.05) is 18.2 Å².